The SMILES string of the molecule is C=CC(=O)Nc1cc(Nc2ncc(C(=O)OC(C)C)c(-c3cn(OC)c4c(C5CC5)cccc34)n2)c(OC)cc1N(C)CCN(C)C. The van der Waals surface area contributed by atoms with Gasteiger partial charge in [-0.2, -0.15) is 4.73 Å². The van der Waals surface area contributed by atoms with Gasteiger partial charge in [-0.1, -0.05) is 24.8 Å². The van der Waals surface area contributed by atoms with Crippen LogP contribution in [0.3, 0.4) is 0 Å². The summed E-state index contributed by atoms with van der Waals surface area (Å²) in [5.74, 6) is 0.305. The topological polar surface area (TPSA) is 123 Å². The van der Waals surface area contributed by atoms with Gasteiger partial charge in [0.15, 0.2) is 0 Å². The molecule has 2 heterocycles. The number of ether oxygens (including phenoxy) is 2. The molecule has 0 bridgehead atoms. The minimum atomic E-state index is -0.532. The molecule has 1 amide bonds. The van der Waals surface area contributed by atoms with Crippen LogP contribution in [0.4, 0.5) is 23.0 Å². The van der Waals surface area contributed by atoms with Crippen LogP contribution in [0.1, 0.15) is 48.5 Å². The summed E-state index contributed by atoms with van der Waals surface area (Å²) in [6, 6.07) is 9.76. The van der Waals surface area contributed by atoms with Crippen LogP contribution >= 0.6 is 0 Å². The Balaban J connectivity index is 1.62. The predicted molar refractivity (Wildman–Crippen MR) is 185 cm³/mol. The van der Waals surface area contributed by atoms with Crippen molar-refractivity contribution in [2.45, 2.75) is 38.7 Å². The van der Waals surface area contributed by atoms with Gasteiger partial charge in [0, 0.05) is 43.4 Å². The lowest BCUT2D eigenvalue weighted by atomic mass is 10.0. The van der Waals surface area contributed by atoms with Gasteiger partial charge in [-0.15, -0.1) is 0 Å². The predicted octanol–water partition coefficient (Wildman–Crippen LogP) is 5.47. The van der Waals surface area contributed by atoms with E-state index in [2.05, 4.69) is 33.2 Å². The first kappa shape index (κ1) is 33.3. The van der Waals surface area contributed by atoms with Gasteiger partial charge in [-0.3, -0.25) is 4.79 Å². The molecule has 1 fully saturated rings. The third-order valence-corrected chi connectivity index (χ3v) is 7.95. The van der Waals surface area contributed by atoms with E-state index in [4.69, 9.17) is 19.3 Å². The molecule has 0 radical (unpaired) electrons. The lowest BCUT2D eigenvalue weighted by Crippen LogP contribution is -2.29. The molecule has 1 aliphatic rings. The summed E-state index contributed by atoms with van der Waals surface area (Å²) >= 11 is 0. The van der Waals surface area contributed by atoms with E-state index >= 15 is 0 Å². The van der Waals surface area contributed by atoms with E-state index in [9.17, 15) is 9.59 Å². The third kappa shape index (κ3) is 7.33. The second-order valence-corrected chi connectivity index (χ2v) is 12.1. The summed E-state index contributed by atoms with van der Waals surface area (Å²) in [5.41, 5.74) is 5.28. The number of carbonyl (C=O) groups is 2. The van der Waals surface area contributed by atoms with Gasteiger partial charge in [0.2, 0.25) is 11.9 Å². The van der Waals surface area contributed by atoms with E-state index in [0.29, 0.717) is 40.8 Å². The van der Waals surface area contributed by atoms with E-state index in [1.54, 1.807) is 38.9 Å². The number of esters is 1. The Morgan fingerprint density at radius 3 is 2.53 bits per heavy atom. The zero-order valence-electron chi connectivity index (χ0n) is 28.1. The number of fused-ring (bicyclic) bond motifs is 1. The Morgan fingerprint density at radius 1 is 1.13 bits per heavy atom. The van der Waals surface area contributed by atoms with E-state index in [1.165, 1.54) is 17.8 Å². The van der Waals surface area contributed by atoms with Crippen LogP contribution in [0.2, 0.25) is 0 Å². The molecule has 47 heavy (non-hydrogen) atoms. The minimum absolute atomic E-state index is 0.214. The Morgan fingerprint density at radius 2 is 1.89 bits per heavy atom. The molecule has 0 aliphatic heterocycles. The minimum Gasteiger partial charge on any atom is -0.494 e. The highest BCUT2D eigenvalue weighted by atomic mass is 16.6. The van der Waals surface area contributed by atoms with Crippen molar-refractivity contribution in [2.24, 2.45) is 0 Å². The number of anilines is 4. The standard InChI is InChI=1S/C35H43N7O5/c1-9-31(43)37-27-17-28(30(45-7)18-29(27)41(6)16-15-40(4)5)38-35-36-19-25(34(44)47-21(2)3)32(39-35)26-20-42(46-8)33-23(22-13-14-22)11-10-12-24(26)33/h9-12,17-22H,1,13-16H2,2-8H3,(H,37,43)(H,36,38,39). The molecular weight excluding hydrogens is 598 g/mol. The van der Waals surface area contributed by atoms with E-state index < -0.39 is 5.97 Å². The Hall–Kier alpha value is -5.10. The third-order valence-electron chi connectivity index (χ3n) is 7.95. The van der Waals surface area contributed by atoms with Crippen LogP contribution in [-0.4, -0.2) is 86.0 Å². The fourth-order valence-corrected chi connectivity index (χ4v) is 5.43. The molecule has 2 N–H and O–H groups in total. The number of hydrogen-bond acceptors (Lipinski definition) is 10. The summed E-state index contributed by atoms with van der Waals surface area (Å²) < 4.78 is 13.1. The molecule has 1 saturated carbocycles. The Labute approximate surface area is 275 Å². The molecule has 0 atom stereocenters. The van der Waals surface area contributed by atoms with Crippen LogP contribution in [0.5, 0.6) is 5.75 Å². The summed E-state index contributed by atoms with van der Waals surface area (Å²) in [5, 5.41) is 7.06. The van der Waals surface area contributed by atoms with Crippen molar-refractivity contribution in [3.63, 3.8) is 0 Å². The number of aromatic nitrogens is 3. The van der Waals surface area contributed by atoms with Gasteiger partial charge >= 0.3 is 5.97 Å². The second kappa shape index (κ2) is 14.1. The van der Waals surface area contributed by atoms with Gasteiger partial charge in [-0.05, 0) is 64.4 Å². The molecule has 5 rings (SSSR count). The number of nitrogens with zero attached hydrogens (tertiary/aromatic N) is 5. The van der Waals surface area contributed by atoms with Gasteiger partial charge in [0.25, 0.3) is 0 Å². The second-order valence-electron chi connectivity index (χ2n) is 12.1. The Kier molecular flexibility index (Phi) is 10.00. The largest absolute Gasteiger partial charge is 0.494 e. The maximum absolute atomic E-state index is 13.4. The molecule has 2 aromatic carbocycles. The molecule has 248 valence electrons. The number of para-hydroxylation sites is 1. The fraction of sp³-hybridized carbons (Fsp3) is 0.371. The van der Waals surface area contributed by atoms with Crippen LogP contribution in [0, 0.1) is 0 Å². The number of carbonyl (C=O) groups excluding carboxylic acids is 2. The molecule has 12 heteroatoms. The molecular formula is C35H43N7O5. The maximum Gasteiger partial charge on any atom is 0.342 e. The lowest BCUT2D eigenvalue weighted by molar-refractivity contribution is -0.111. The molecule has 0 saturated heterocycles. The van der Waals surface area contributed by atoms with Crippen molar-refractivity contribution < 1.29 is 23.9 Å². The molecule has 2 aromatic heterocycles. The number of methoxy groups -OCH3 is 1. The number of benzene rings is 2. The van der Waals surface area contributed by atoms with E-state index in [1.807, 2.05) is 50.4 Å². The average Bonchev–Trinajstić information content (AvgIpc) is 3.83. The lowest BCUT2D eigenvalue weighted by Gasteiger charge is -2.26. The first-order valence-corrected chi connectivity index (χ1v) is 15.6. The number of amides is 1. The van der Waals surface area contributed by atoms with Crippen molar-refractivity contribution >= 4 is 45.8 Å². The van der Waals surface area contributed by atoms with Gasteiger partial charge in [0.05, 0.1) is 47.7 Å². The summed E-state index contributed by atoms with van der Waals surface area (Å²) in [6.07, 6.45) is 6.44. The van der Waals surface area contributed by atoms with E-state index in [-0.39, 0.29) is 23.5 Å². The first-order valence-electron chi connectivity index (χ1n) is 15.6. The van der Waals surface area contributed by atoms with Gasteiger partial charge < -0.3 is 34.7 Å². The zero-order chi connectivity index (χ0) is 33.8. The van der Waals surface area contributed by atoms with Crippen LogP contribution in [0.15, 0.2) is 55.4 Å². The molecule has 0 spiro atoms. The quantitative estimate of drug-likeness (QED) is 0.135. The van der Waals surface area contributed by atoms with Crippen LogP contribution in [-0.2, 0) is 9.53 Å². The van der Waals surface area contributed by atoms with E-state index in [0.717, 1.165) is 36.0 Å². The van der Waals surface area contributed by atoms with Gasteiger partial charge in [-0.25, -0.2) is 14.8 Å². The molecule has 4 aromatic rings. The maximum atomic E-state index is 13.4. The average molecular weight is 642 g/mol. The highest BCUT2D eigenvalue weighted by Crippen LogP contribution is 2.45. The normalized spacial score (nSPS) is 12.7. The number of rotatable bonds is 14. The highest BCUT2D eigenvalue weighted by Gasteiger charge is 2.29. The van der Waals surface area contributed by atoms with Gasteiger partial charge in [0.1, 0.15) is 18.4 Å². The fourth-order valence-electron chi connectivity index (χ4n) is 5.43. The van der Waals surface area contributed by atoms with Crippen molar-refractivity contribution in [3.05, 3.63) is 66.5 Å². The molecule has 1 aliphatic carbocycles. The smallest absolute Gasteiger partial charge is 0.342 e. The summed E-state index contributed by atoms with van der Waals surface area (Å²) in [6.45, 7) is 8.70. The van der Waals surface area contributed by atoms with Crippen molar-refractivity contribution in [2.75, 3.05) is 64.0 Å². The number of hydrogen-bond donors (Lipinski definition) is 2. The first-order chi connectivity index (χ1) is 22.5. The van der Waals surface area contributed by atoms with Crippen LogP contribution < -0.4 is 25.1 Å². The summed E-state index contributed by atoms with van der Waals surface area (Å²) in [4.78, 5) is 45.1. The zero-order valence-corrected chi connectivity index (χ0v) is 28.1. The van der Waals surface area contributed by atoms with Crippen molar-refractivity contribution in [1.29, 1.82) is 0 Å². The van der Waals surface area contributed by atoms with Crippen LogP contribution in [0.25, 0.3) is 22.2 Å². The summed E-state index contributed by atoms with van der Waals surface area (Å²) in [7, 11) is 9.14. The number of likely N-dealkylation sites (N-methyl/N-ethyl adjacent to an activating group) is 2. The van der Waals surface area contributed by atoms with Crippen molar-refractivity contribution in [1.82, 2.24) is 19.6 Å². The Bertz CT molecular complexity index is 1790. The van der Waals surface area contributed by atoms with Crippen molar-refractivity contribution in [3.8, 4) is 17.0 Å². The highest BCUT2D eigenvalue weighted by molar-refractivity contribution is 6.04. The molecule has 0 unspecified atom stereocenters. The monoisotopic (exact) mass is 641 g/mol. The molecule has 12 nitrogen and oxygen atoms in total. The number of nitrogens with one attached hydrogen (secondary N) is 2.